The summed E-state index contributed by atoms with van der Waals surface area (Å²) in [6.45, 7) is 0. The lowest BCUT2D eigenvalue weighted by Gasteiger charge is -2.31. The fourth-order valence-corrected chi connectivity index (χ4v) is 16.6. The number of allylic oxidation sites excluding steroid dienone is 16. The van der Waals surface area contributed by atoms with Crippen LogP contribution in [0.25, 0.3) is 32.7 Å². The van der Waals surface area contributed by atoms with Crippen LogP contribution in [-0.4, -0.2) is 12.3 Å². The lowest BCUT2D eigenvalue weighted by atomic mass is 9.73. The minimum absolute atomic E-state index is 0.250. The molecule has 256 valence electrons. The molecule has 5 aromatic rings. The molecule has 5 aromatic carbocycles. The van der Waals surface area contributed by atoms with E-state index < -0.39 is 15.1 Å². The van der Waals surface area contributed by atoms with Gasteiger partial charge in [0.1, 0.15) is 7.14 Å². The van der Waals surface area contributed by atoms with Gasteiger partial charge in [-0.25, -0.2) is 0 Å². The monoisotopic (exact) mass is 718 g/mol. The molecule has 3 heteroatoms. The Balaban J connectivity index is 1.09. The van der Waals surface area contributed by atoms with Crippen molar-refractivity contribution in [3.8, 4) is 0 Å². The van der Waals surface area contributed by atoms with Crippen LogP contribution in [0, 0.1) is 23.7 Å². The van der Waals surface area contributed by atoms with E-state index in [-0.39, 0.29) is 5.92 Å². The van der Waals surface area contributed by atoms with E-state index in [0.29, 0.717) is 30.1 Å². The molecule has 0 N–H and O–H groups in total. The van der Waals surface area contributed by atoms with E-state index in [1.54, 1.807) is 0 Å². The molecule has 0 amide bonds. The van der Waals surface area contributed by atoms with Crippen LogP contribution < -0.4 is 10.6 Å². The quantitative estimate of drug-likeness (QED) is 0.166. The predicted octanol–water partition coefficient (Wildman–Crippen LogP) is 11.9. The zero-order valence-corrected chi connectivity index (χ0v) is 31.4. The van der Waals surface area contributed by atoms with Crippen LogP contribution in [0.15, 0.2) is 181 Å². The molecule has 11 rings (SSSR count). The highest BCUT2D eigenvalue weighted by atomic mass is 31.2. The number of benzene rings is 5. The van der Waals surface area contributed by atoms with Gasteiger partial charge in [-0.2, -0.15) is 0 Å². The molecule has 0 fully saturated rings. The Labute approximate surface area is 313 Å². The highest BCUT2D eigenvalue weighted by molar-refractivity contribution is 7.75. The molecular weight excluding hydrogens is 678 g/mol. The molecule has 53 heavy (non-hydrogen) atoms. The normalized spacial score (nSPS) is 27.8. The molecule has 2 heterocycles. The maximum absolute atomic E-state index is 16.3. The van der Waals surface area contributed by atoms with Crippen molar-refractivity contribution in [2.45, 2.75) is 12.3 Å². The van der Waals surface area contributed by atoms with Crippen LogP contribution in [0.3, 0.4) is 0 Å². The third-order valence-corrected chi connectivity index (χ3v) is 18.2. The van der Waals surface area contributed by atoms with Gasteiger partial charge in [0.05, 0.1) is 0 Å². The topological polar surface area (TPSA) is 17.1 Å². The summed E-state index contributed by atoms with van der Waals surface area (Å²) in [5.74, 6) is 1.28. The van der Waals surface area contributed by atoms with Crippen LogP contribution in [0.2, 0.25) is 0 Å². The summed E-state index contributed by atoms with van der Waals surface area (Å²) < 4.78 is 16.3. The first-order chi connectivity index (χ1) is 26.1. The Hall–Kier alpha value is -4.80. The van der Waals surface area contributed by atoms with Crippen molar-refractivity contribution < 1.29 is 4.57 Å². The van der Waals surface area contributed by atoms with E-state index >= 15 is 4.57 Å². The molecule has 6 unspecified atom stereocenters. The first-order valence-corrected chi connectivity index (χ1v) is 22.9. The molecule has 0 saturated heterocycles. The van der Waals surface area contributed by atoms with Gasteiger partial charge < -0.3 is 4.57 Å². The summed E-state index contributed by atoms with van der Waals surface area (Å²) in [6.07, 6.45) is 31.0. The maximum atomic E-state index is 16.3. The third kappa shape index (κ3) is 5.05. The fourth-order valence-electron chi connectivity index (χ4n) is 10.2. The average Bonchev–Trinajstić information content (AvgIpc) is 3.47. The van der Waals surface area contributed by atoms with E-state index in [2.05, 4.69) is 170 Å². The van der Waals surface area contributed by atoms with Gasteiger partial charge in [-0.3, -0.25) is 0 Å². The first-order valence-electron chi connectivity index (χ1n) is 19.1. The number of hydrogen-bond donors (Lipinski definition) is 0. The standard InChI is InChI=1S/C50H40OP2/c51-53(31-39-27-23-35-13-3-7-17-43(35)49(39)50-40(32-53)28-24-36-14-4-8-18-44(36)50)46-20-10-9-19-45(46)52-29-37-25-21-33-11-1-5-15-41(33)47(37)48-38(30-52)26-22-34-12-2-6-16-42(34)48/h1-28,33,35,41,43H,29-32H2. The second-order valence-corrected chi connectivity index (χ2v) is 20.6. The zero-order chi connectivity index (χ0) is 35.1. The molecule has 0 aromatic heterocycles. The van der Waals surface area contributed by atoms with Gasteiger partial charge >= 0.3 is 0 Å². The maximum Gasteiger partial charge on any atom is 0.124 e. The molecule has 0 saturated carbocycles. The lowest BCUT2D eigenvalue weighted by Crippen LogP contribution is -2.27. The third-order valence-electron chi connectivity index (χ3n) is 12.6. The Morgan fingerprint density at radius 1 is 0.509 bits per heavy atom. The molecule has 4 aliphatic carbocycles. The van der Waals surface area contributed by atoms with Crippen molar-refractivity contribution in [3.05, 3.63) is 203 Å². The van der Waals surface area contributed by atoms with Crippen molar-refractivity contribution in [2.24, 2.45) is 23.7 Å². The van der Waals surface area contributed by atoms with Gasteiger partial charge in [0.15, 0.2) is 0 Å². The Morgan fingerprint density at radius 3 is 1.79 bits per heavy atom. The summed E-state index contributed by atoms with van der Waals surface area (Å²) in [5, 5.41) is 7.63. The van der Waals surface area contributed by atoms with Crippen LogP contribution in [-0.2, 0) is 16.9 Å². The molecular formula is C50H40OP2. The molecule has 0 radical (unpaired) electrons. The highest BCUT2D eigenvalue weighted by Crippen LogP contribution is 2.59. The van der Waals surface area contributed by atoms with Crippen LogP contribution in [0.1, 0.15) is 22.3 Å². The fraction of sp³-hybridized carbons (Fsp3) is 0.160. The van der Waals surface area contributed by atoms with Crippen molar-refractivity contribution in [1.29, 1.82) is 0 Å². The Bertz CT molecular complexity index is 2690. The molecule has 1 nitrogen and oxygen atoms in total. The van der Waals surface area contributed by atoms with E-state index in [0.717, 1.165) is 17.6 Å². The van der Waals surface area contributed by atoms with Gasteiger partial charge in [0.2, 0.25) is 0 Å². The predicted molar refractivity (Wildman–Crippen MR) is 228 cm³/mol. The van der Waals surface area contributed by atoms with Crippen molar-refractivity contribution in [3.63, 3.8) is 0 Å². The van der Waals surface area contributed by atoms with Crippen LogP contribution in [0.5, 0.6) is 0 Å². The SMILES string of the molecule is O=P1(c2ccccc2P2CC3=C(c4c(ccc5ccccc45)C2)C2C=CC=CC2C=C3)CC2=C(c3c(ccc4ccccc34)C1)C1C=CC=CC1C=C2. The lowest BCUT2D eigenvalue weighted by molar-refractivity contribution is 0.582. The van der Waals surface area contributed by atoms with Gasteiger partial charge in [-0.1, -0.05) is 178 Å². The summed E-state index contributed by atoms with van der Waals surface area (Å²) in [4.78, 5) is 0. The minimum Gasteiger partial charge on any atom is -0.318 e. The summed E-state index contributed by atoms with van der Waals surface area (Å²) >= 11 is 0. The molecule has 6 aliphatic rings. The van der Waals surface area contributed by atoms with E-state index in [4.69, 9.17) is 0 Å². The van der Waals surface area contributed by atoms with Crippen molar-refractivity contribution in [1.82, 2.24) is 0 Å². The van der Waals surface area contributed by atoms with E-state index in [1.807, 2.05) is 0 Å². The van der Waals surface area contributed by atoms with Crippen LogP contribution >= 0.6 is 15.1 Å². The van der Waals surface area contributed by atoms with Crippen molar-refractivity contribution >= 4 is 58.4 Å². The van der Waals surface area contributed by atoms with Gasteiger partial charge in [0, 0.05) is 41.3 Å². The molecule has 0 bridgehead atoms. The summed E-state index contributed by atoms with van der Waals surface area (Å²) in [7, 11) is -3.64. The Kier molecular flexibility index (Phi) is 7.41. The molecule has 0 spiro atoms. The largest absolute Gasteiger partial charge is 0.318 e. The minimum atomic E-state index is -2.95. The van der Waals surface area contributed by atoms with Gasteiger partial charge in [0.25, 0.3) is 0 Å². The number of rotatable bonds is 2. The average molecular weight is 719 g/mol. The highest BCUT2D eigenvalue weighted by Gasteiger charge is 2.40. The second-order valence-electron chi connectivity index (χ2n) is 15.5. The molecule has 6 atom stereocenters. The first kappa shape index (κ1) is 31.7. The molecule has 2 aliphatic heterocycles. The number of fused-ring (bicyclic) bond motifs is 12. The van der Waals surface area contributed by atoms with Crippen molar-refractivity contribution in [2.75, 3.05) is 12.3 Å². The summed E-state index contributed by atoms with van der Waals surface area (Å²) in [6, 6.07) is 35.9. The van der Waals surface area contributed by atoms with Crippen LogP contribution in [0.4, 0.5) is 0 Å². The summed E-state index contributed by atoms with van der Waals surface area (Å²) in [5.41, 5.74) is 11.0. The Morgan fingerprint density at radius 2 is 1.08 bits per heavy atom. The van der Waals surface area contributed by atoms with Gasteiger partial charge in [-0.05, 0) is 83.7 Å². The smallest absolute Gasteiger partial charge is 0.124 e. The van der Waals surface area contributed by atoms with E-state index in [1.165, 1.54) is 71.4 Å². The van der Waals surface area contributed by atoms with E-state index in [9.17, 15) is 0 Å². The zero-order valence-electron chi connectivity index (χ0n) is 29.6. The number of hydrogen-bond acceptors (Lipinski definition) is 1. The van der Waals surface area contributed by atoms with Gasteiger partial charge in [-0.15, -0.1) is 0 Å². The second kappa shape index (κ2) is 12.4.